The van der Waals surface area contributed by atoms with Crippen molar-refractivity contribution < 1.29 is 53.9 Å². The number of hydrogen-bond donors (Lipinski definition) is 7. The van der Waals surface area contributed by atoms with Crippen LogP contribution >= 0.6 is 22.7 Å². The molecular weight excluding hydrogens is 867 g/mol. The molecule has 5 rings (SSSR count). The van der Waals surface area contributed by atoms with Crippen LogP contribution in [0.4, 0.5) is 9.59 Å². The van der Waals surface area contributed by atoms with Crippen LogP contribution in [0.1, 0.15) is 65.7 Å². The standard InChI is InChI=1S/C40H53N7O5S2.C4H6O6/c1-29(2)38-43-34(27-53-38)25-46(3)39(49)45-36(16-17-47-18-20-51-21-19-47)37(48)42-32(22-30-10-6-4-7-11-30)14-15-33(23-31-12-8-5-9-13-31)44-40(50)52-26-35-24-41-28-54-35;5-1(3(7)8)2(6)4(9)10/h4-13,24,27-29,32-33,36H,14-23,25-26H2,1-3H3,(H,42,48)(H,44,50)(H,45,49);1-2,5-6H,(H,7,8)(H,9,10)/t32-,33-,36+;1-,2-/m11/s1. The minimum atomic E-state index is -2.27. The number of aliphatic hydroxyl groups is 2. The van der Waals surface area contributed by atoms with Gasteiger partial charge in [0.05, 0.1) is 40.8 Å². The molecule has 1 aliphatic rings. The summed E-state index contributed by atoms with van der Waals surface area (Å²) in [5.74, 6) is -3.46. The summed E-state index contributed by atoms with van der Waals surface area (Å²) in [6.45, 7) is 8.19. The zero-order valence-electron chi connectivity index (χ0n) is 36.2. The van der Waals surface area contributed by atoms with Crippen molar-refractivity contribution in [2.75, 3.05) is 39.9 Å². The molecule has 0 spiro atoms. The van der Waals surface area contributed by atoms with E-state index in [-0.39, 0.29) is 30.6 Å². The Morgan fingerprint density at radius 3 is 1.92 bits per heavy atom. The molecule has 348 valence electrons. The summed E-state index contributed by atoms with van der Waals surface area (Å²) in [6.07, 6.45) is -0.537. The Morgan fingerprint density at radius 1 is 0.828 bits per heavy atom. The van der Waals surface area contributed by atoms with Gasteiger partial charge in [-0.3, -0.25) is 14.7 Å². The molecule has 18 nitrogen and oxygen atoms in total. The molecule has 7 N–H and O–H groups in total. The fourth-order valence-corrected chi connectivity index (χ4v) is 7.85. The van der Waals surface area contributed by atoms with Crippen molar-refractivity contribution >= 4 is 52.6 Å². The summed E-state index contributed by atoms with van der Waals surface area (Å²) < 4.78 is 11.1. The Kier molecular flexibility index (Phi) is 21.5. The molecule has 64 heavy (non-hydrogen) atoms. The first kappa shape index (κ1) is 51.1. The van der Waals surface area contributed by atoms with Crippen LogP contribution in [0, 0.1) is 0 Å². The van der Waals surface area contributed by atoms with Gasteiger partial charge in [0.1, 0.15) is 12.6 Å². The lowest BCUT2D eigenvalue weighted by Gasteiger charge is -2.30. The van der Waals surface area contributed by atoms with Crippen molar-refractivity contribution in [3.63, 3.8) is 0 Å². The number of nitrogens with zero attached hydrogens (tertiary/aromatic N) is 4. The van der Waals surface area contributed by atoms with Crippen LogP contribution in [0.15, 0.2) is 77.8 Å². The first-order valence-electron chi connectivity index (χ1n) is 20.9. The summed E-state index contributed by atoms with van der Waals surface area (Å²) in [5, 5.41) is 45.0. The fourth-order valence-electron chi connectivity index (χ4n) is 6.52. The number of hydrogen-bond acceptors (Lipinski definition) is 14. The third-order valence-corrected chi connectivity index (χ3v) is 12.0. The normalized spacial score (nSPS) is 15.0. The number of urea groups is 1. The lowest BCUT2D eigenvalue weighted by molar-refractivity contribution is -0.165. The van der Waals surface area contributed by atoms with Gasteiger partial charge in [0.2, 0.25) is 5.91 Å². The van der Waals surface area contributed by atoms with Crippen molar-refractivity contribution in [1.82, 2.24) is 35.7 Å². The van der Waals surface area contributed by atoms with Crippen molar-refractivity contribution in [3.8, 4) is 0 Å². The zero-order valence-corrected chi connectivity index (χ0v) is 37.8. The monoisotopic (exact) mass is 925 g/mol. The minimum absolute atomic E-state index is 0.150. The van der Waals surface area contributed by atoms with Crippen LogP contribution < -0.4 is 16.0 Å². The maximum Gasteiger partial charge on any atom is 0.407 e. The smallest absolute Gasteiger partial charge is 0.407 e. The number of morpholine rings is 1. The summed E-state index contributed by atoms with van der Waals surface area (Å²) in [5.41, 5.74) is 4.70. The number of carboxylic acid groups (broad SMARTS) is 2. The molecule has 1 fully saturated rings. The zero-order chi connectivity index (χ0) is 46.4. The molecule has 0 unspecified atom stereocenters. The molecule has 1 saturated heterocycles. The lowest BCUT2D eigenvalue weighted by Crippen LogP contribution is -2.54. The number of thiazole rings is 2. The molecule has 2 aromatic carbocycles. The van der Waals surface area contributed by atoms with Crippen molar-refractivity contribution in [2.45, 2.75) is 95.4 Å². The Labute approximate surface area is 380 Å². The molecule has 2 aromatic heterocycles. The SMILES string of the molecule is CC(C)c1nc(CN(C)C(=O)N[C@@H](CCN2CCOCC2)C(=O)N[C@H](CC[C@H](Cc2ccccc2)NC(=O)OCc2cncs2)Cc2ccccc2)cs1.O=C(O)[C@H](O)[C@@H](O)C(=O)O. The number of benzene rings is 2. The number of aromatic nitrogens is 2. The summed E-state index contributed by atoms with van der Waals surface area (Å²) in [4.78, 5) is 73.8. The maximum absolute atomic E-state index is 14.2. The number of amides is 4. The second-order valence-electron chi connectivity index (χ2n) is 15.5. The highest BCUT2D eigenvalue weighted by atomic mass is 32.1. The van der Waals surface area contributed by atoms with Gasteiger partial charge in [-0.25, -0.2) is 24.2 Å². The number of alkyl carbamates (subject to hydrolysis) is 1. The van der Waals surface area contributed by atoms with Crippen molar-refractivity contribution in [1.29, 1.82) is 0 Å². The van der Waals surface area contributed by atoms with Gasteiger partial charge in [-0.15, -0.1) is 22.7 Å². The maximum atomic E-state index is 14.2. The van der Waals surface area contributed by atoms with E-state index in [0.717, 1.165) is 39.8 Å². The minimum Gasteiger partial charge on any atom is -0.479 e. The van der Waals surface area contributed by atoms with Gasteiger partial charge in [0.25, 0.3) is 0 Å². The number of nitrogens with one attached hydrogen (secondary N) is 3. The predicted molar refractivity (Wildman–Crippen MR) is 240 cm³/mol. The van der Waals surface area contributed by atoms with Crippen LogP contribution in [0.2, 0.25) is 0 Å². The summed E-state index contributed by atoms with van der Waals surface area (Å²) >= 11 is 3.02. The summed E-state index contributed by atoms with van der Waals surface area (Å²) in [6, 6.07) is 18.4. The molecule has 0 radical (unpaired) electrons. The molecule has 4 aromatic rings. The third kappa shape index (κ3) is 18.3. The number of ether oxygens (including phenoxy) is 2. The molecule has 4 amide bonds. The molecular formula is C44H59N7O11S2. The number of carbonyl (C=O) groups excluding carboxylic acids is 3. The van der Waals surface area contributed by atoms with Gasteiger partial charge >= 0.3 is 24.1 Å². The van der Waals surface area contributed by atoms with E-state index < -0.39 is 36.3 Å². The average Bonchev–Trinajstić information content (AvgIpc) is 4.00. The number of aliphatic hydroxyl groups excluding tert-OH is 2. The molecule has 1 aliphatic heterocycles. The van der Waals surface area contributed by atoms with E-state index >= 15 is 0 Å². The Bertz CT molecular complexity index is 2000. The fraction of sp³-hybridized carbons (Fsp3) is 0.477. The van der Waals surface area contributed by atoms with Crippen LogP contribution in [-0.2, 0) is 49.9 Å². The topological polar surface area (TPSA) is 253 Å². The highest BCUT2D eigenvalue weighted by Gasteiger charge is 2.30. The largest absolute Gasteiger partial charge is 0.479 e. The van der Waals surface area contributed by atoms with E-state index in [1.807, 2.05) is 66.0 Å². The van der Waals surface area contributed by atoms with Crippen LogP contribution in [0.5, 0.6) is 0 Å². The highest BCUT2D eigenvalue weighted by molar-refractivity contribution is 7.09. The summed E-state index contributed by atoms with van der Waals surface area (Å²) in [7, 11) is 1.72. The first-order chi connectivity index (χ1) is 30.7. The van der Waals surface area contributed by atoms with Gasteiger partial charge in [-0.1, -0.05) is 74.5 Å². The van der Waals surface area contributed by atoms with E-state index in [0.29, 0.717) is 64.3 Å². The Hall–Kier alpha value is -5.51. The van der Waals surface area contributed by atoms with E-state index in [1.54, 1.807) is 35.0 Å². The first-order valence-corrected chi connectivity index (χ1v) is 22.7. The van der Waals surface area contributed by atoms with Crippen LogP contribution in [0.3, 0.4) is 0 Å². The molecule has 3 heterocycles. The molecule has 20 heteroatoms. The highest BCUT2D eigenvalue weighted by Crippen LogP contribution is 2.20. The average molecular weight is 926 g/mol. The lowest BCUT2D eigenvalue weighted by atomic mass is 9.95. The third-order valence-electron chi connectivity index (χ3n) is 10.1. The van der Waals surface area contributed by atoms with E-state index in [2.05, 4.69) is 44.7 Å². The van der Waals surface area contributed by atoms with Gasteiger partial charge in [-0.2, -0.15) is 0 Å². The quantitative estimate of drug-likeness (QED) is 0.0591. The number of rotatable bonds is 22. The van der Waals surface area contributed by atoms with Crippen molar-refractivity contribution in [2.24, 2.45) is 0 Å². The van der Waals surface area contributed by atoms with Gasteiger partial charge in [0.15, 0.2) is 12.2 Å². The number of carbonyl (C=O) groups is 5. The second-order valence-corrected chi connectivity index (χ2v) is 17.4. The molecule has 0 aliphatic carbocycles. The predicted octanol–water partition coefficient (Wildman–Crippen LogP) is 3.88. The number of aliphatic carboxylic acids is 2. The molecule has 5 atom stereocenters. The van der Waals surface area contributed by atoms with Crippen molar-refractivity contribution in [3.05, 3.63) is 104 Å². The second kappa shape index (κ2) is 27.0. The van der Waals surface area contributed by atoms with Gasteiger partial charge in [0, 0.05) is 56.3 Å². The van der Waals surface area contributed by atoms with E-state index in [9.17, 15) is 24.0 Å². The Balaban J connectivity index is 0.000000800. The van der Waals surface area contributed by atoms with E-state index in [4.69, 9.17) is 29.9 Å². The van der Waals surface area contributed by atoms with Crippen LogP contribution in [-0.4, -0.2) is 140 Å². The molecule has 0 bridgehead atoms. The number of carboxylic acids is 2. The van der Waals surface area contributed by atoms with Gasteiger partial charge in [-0.05, 0) is 43.2 Å². The Morgan fingerprint density at radius 2 is 1.41 bits per heavy atom. The van der Waals surface area contributed by atoms with Crippen LogP contribution in [0.25, 0.3) is 0 Å². The van der Waals surface area contributed by atoms with Gasteiger partial charge < -0.3 is 50.8 Å². The molecule has 0 saturated carbocycles. The van der Waals surface area contributed by atoms with E-state index in [1.165, 1.54) is 11.3 Å².